The molecule has 6 heteroatoms. The Balaban J connectivity index is 5.00. The molecular weight excluding hydrogens is 266 g/mol. The van der Waals surface area contributed by atoms with Crippen LogP contribution in [0.2, 0.25) is 0 Å². The van der Waals surface area contributed by atoms with E-state index in [0.29, 0.717) is 0 Å². The fraction of sp³-hybridized carbons (Fsp3) is 0.846. The Kier molecular flexibility index (Phi) is 5.36. The molecule has 0 rings (SSSR count). The molecule has 0 saturated carbocycles. The lowest BCUT2D eigenvalue weighted by molar-refractivity contribution is -0.157. The Bertz CT molecular complexity index is 377. The number of esters is 1. The van der Waals surface area contributed by atoms with Crippen molar-refractivity contribution in [2.45, 2.75) is 65.2 Å². The van der Waals surface area contributed by atoms with Crippen molar-refractivity contribution >= 4 is 24.7 Å². The van der Waals surface area contributed by atoms with Gasteiger partial charge in [0.05, 0.1) is 0 Å². The second kappa shape index (κ2) is 7.03. The van der Waals surface area contributed by atoms with E-state index in [4.69, 9.17) is 12.2 Å². The molecule has 19 heavy (non-hydrogen) atoms. The van der Waals surface area contributed by atoms with Crippen LogP contribution in [0.25, 0.3) is 0 Å². The Hall–Kier alpha value is -0.910. The van der Waals surface area contributed by atoms with E-state index in [1.165, 1.54) is 0 Å². The standard InChI is InChI=1S/C13H25NO4S/c1-12(2,3)17-10(15)9(7-8-19)14-11(16)18-13(4,5)6/h9,19H,7-8H2,1-6H3,(H,14,16)/t9-/m0/s1/i7D,8D/t7-,8+,9-. The van der Waals surface area contributed by atoms with Crippen LogP contribution in [0.15, 0.2) is 0 Å². The fourth-order valence-electron chi connectivity index (χ4n) is 1.07. The normalized spacial score (nSPS) is 18.5. The van der Waals surface area contributed by atoms with E-state index < -0.39 is 41.4 Å². The quantitative estimate of drug-likeness (QED) is 0.617. The molecule has 0 aromatic rings. The number of rotatable bonds is 4. The smallest absolute Gasteiger partial charge is 0.408 e. The van der Waals surface area contributed by atoms with E-state index in [-0.39, 0.29) is 0 Å². The molecule has 0 aromatic carbocycles. The summed E-state index contributed by atoms with van der Waals surface area (Å²) in [7, 11) is 0. The van der Waals surface area contributed by atoms with Crippen LogP contribution in [0.3, 0.4) is 0 Å². The van der Waals surface area contributed by atoms with Crippen molar-refractivity contribution < 1.29 is 21.8 Å². The molecule has 0 aliphatic heterocycles. The lowest BCUT2D eigenvalue weighted by Crippen LogP contribution is -2.46. The van der Waals surface area contributed by atoms with Gasteiger partial charge >= 0.3 is 12.1 Å². The van der Waals surface area contributed by atoms with Gasteiger partial charge in [-0.2, -0.15) is 12.6 Å². The topological polar surface area (TPSA) is 64.6 Å². The second-order valence-corrected chi connectivity index (χ2v) is 6.30. The van der Waals surface area contributed by atoms with Crippen molar-refractivity contribution in [1.82, 2.24) is 5.32 Å². The fourth-order valence-corrected chi connectivity index (χ4v) is 1.24. The molecule has 0 fully saturated rings. The largest absolute Gasteiger partial charge is 0.458 e. The number of carbonyl (C=O) groups is 2. The monoisotopic (exact) mass is 293 g/mol. The van der Waals surface area contributed by atoms with Gasteiger partial charge in [0.1, 0.15) is 17.2 Å². The average Bonchev–Trinajstić information content (AvgIpc) is 2.19. The number of ether oxygens (including phenoxy) is 2. The van der Waals surface area contributed by atoms with Crippen LogP contribution in [0.1, 0.15) is 50.7 Å². The Labute approximate surface area is 123 Å². The van der Waals surface area contributed by atoms with Crippen molar-refractivity contribution in [3.05, 3.63) is 0 Å². The molecule has 0 heterocycles. The first-order valence-corrected chi connectivity index (χ1v) is 6.49. The highest BCUT2D eigenvalue weighted by Gasteiger charge is 2.27. The zero-order valence-corrected chi connectivity index (χ0v) is 13.2. The molecule has 0 bridgehead atoms. The number of alkyl carbamates (subject to hydrolysis) is 1. The number of thiol groups is 1. The highest BCUT2D eigenvalue weighted by Crippen LogP contribution is 2.11. The third-order valence-electron chi connectivity index (χ3n) is 1.61. The molecule has 5 nitrogen and oxygen atoms in total. The summed E-state index contributed by atoms with van der Waals surface area (Å²) in [6.07, 6.45) is -2.12. The van der Waals surface area contributed by atoms with Gasteiger partial charge in [0, 0.05) is 2.74 Å². The van der Waals surface area contributed by atoms with Crippen LogP contribution >= 0.6 is 12.6 Å². The molecule has 3 atom stereocenters. The van der Waals surface area contributed by atoms with Gasteiger partial charge in [-0.15, -0.1) is 0 Å². The molecular formula is C13H25NO4S. The second-order valence-electron chi connectivity index (χ2n) is 6.00. The van der Waals surface area contributed by atoms with Crippen molar-refractivity contribution in [2.75, 3.05) is 5.73 Å². The van der Waals surface area contributed by atoms with Gasteiger partial charge in [-0.05, 0) is 53.7 Å². The van der Waals surface area contributed by atoms with Crippen LogP contribution in [0, 0.1) is 0 Å². The van der Waals surface area contributed by atoms with Gasteiger partial charge in [-0.25, -0.2) is 9.59 Å². The maximum absolute atomic E-state index is 12.1. The SMILES string of the molecule is [2H][C@H]([C@H](NC(=O)OC(C)(C)C)C(=O)OC(C)(C)C)[C@@H]([2H])S. The molecule has 0 aromatic heterocycles. The minimum absolute atomic E-state index is 0.735. The number of hydrogen-bond donors (Lipinski definition) is 2. The molecule has 1 amide bonds. The summed E-state index contributed by atoms with van der Waals surface area (Å²) in [6, 6.07) is -1.32. The first-order valence-electron chi connectivity index (χ1n) is 7.13. The van der Waals surface area contributed by atoms with E-state index in [0.717, 1.165) is 0 Å². The number of hydrogen-bond acceptors (Lipinski definition) is 5. The van der Waals surface area contributed by atoms with Gasteiger partial charge in [-0.3, -0.25) is 0 Å². The summed E-state index contributed by atoms with van der Waals surface area (Å²) in [5.74, 6) is -0.792. The van der Waals surface area contributed by atoms with Gasteiger partial charge in [0.2, 0.25) is 0 Å². The minimum Gasteiger partial charge on any atom is -0.458 e. The van der Waals surface area contributed by atoms with E-state index >= 15 is 0 Å². The molecule has 0 spiro atoms. The summed E-state index contributed by atoms with van der Waals surface area (Å²) in [6.45, 7) is 10.1. The third-order valence-corrected chi connectivity index (χ3v) is 1.78. The van der Waals surface area contributed by atoms with Gasteiger partial charge in [0.15, 0.2) is 0 Å². The highest BCUT2D eigenvalue weighted by molar-refractivity contribution is 7.80. The molecule has 0 radical (unpaired) electrons. The van der Waals surface area contributed by atoms with Crippen LogP contribution in [0.5, 0.6) is 0 Å². The lowest BCUT2D eigenvalue weighted by atomic mass is 10.1. The number of nitrogens with one attached hydrogen (secondary N) is 1. The van der Waals surface area contributed by atoms with Crippen LogP contribution in [0.4, 0.5) is 4.79 Å². The minimum atomic E-state index is -1.32. The van der Waals surface area contributed by atoms with Crippen LogP contribution in [-0.2, 0) is 14.3 Å². The zero-order valence-electron chi connectivity index (χ0n) is 14.3. The maximum atomic E-state index is 12.1. The lowest BCUT2D eigenvalue weighted by Gasteiger charge is -2.26. The summed E-state index contributed by atoms with van der Waals surface area (Å²) in [5, 5.41) is 2.28. The van der Waals surface area contributed by atoms with Crippen LogP contribution < -0.4 is 5.32 Å². The summed E-state index contributed by atoms with van der Waals surface area (Å²) >= 11 is 3.83. The number of amides is 1. The van der Waals surface area contributed by atoms with Crippen LogP contribution in [-0.4, -0.2) is 35.0 Å². The Morgan fingerprint density at radius 1 is 1.16 bits per heavy atom. The summed E-state index contributed by atoms with van der Waals surface area (Å²) in [4.78, 5) is 23.8. The summed E-state index contributed by atoms with van der Waals surface area (Å²) in [5.41, 5.74) is -2.67. The average molecular weight is 293 g/mol. The van der Waals surface area contributed by atoms with E-state index in [2.05, 4.69) is 17.9 Å². The van der Waals surface area contributed by atoms with Crippen molar-refractivity contribution in [1.29, 1.82) is 0 Å². The molecule has 0 aliphatic carbocycles. The Morgan fingerprint density at radius 2 is 1.63 bits per heavy atom. The zero-order chi connectivity index (χ0) is 17.0. The molecule has 0 unspecified atom stereocenters. The van der Waals surface area contributed by atoms with E-state index in [1.807, 2.05) is 0 Å². The predicted molar refractivity (Wildman–Crippen MR) is 77.5 cm³/mol. The molecule has 0 aliphatic rings. The Morgan fingerprint density at radius 3 is 2.00 bits per heavy atom. The van der Waals surface area contributed by atoms with E-state index in [1.54, 1.807) is 41.5 Å². The highest BCUT2D eigenvalue weighted by atomic mass is 32.1. The first kappa shape index (κ1) is 14.5. The van der Waals surface area contributed by atoms with Crippen molar-refractivity contribution in [3.8, 4) is 0 Å². The van der Waals surface area contributed by atoms with E-state index in [9.17, 15) is 9.59 Å². The van der Waals surface area contributed by atoms with Gasteiger partial charge < -0.3 is 14.8 Å². The van der Waals surface area contributed by atoms with Gasteiger partial charge in [0.25, 0.3) is 0 Å². The third kappa shape index (κ3) is 9.64. The van der Waals surface area contributed by atoms with Gasteiger partial charge in [-0.1, -0.05) is 0 Å². The first-order chi connectivity index (χ1) is 9.23. The van der Waals surface area contributed by atoms with Crippen molar-refractivity contribution in [3.63, 3.8) is 0 Å². The molecule has 0 saturated heterocycles. The number of carbonyl (C=O) groups excluding carboxylic acids is 2. The van der Waals surface area contributed by atoms with Crippen molar-refractivity contribution in [2.24, 2.45) is 0 Å². The predicted octanol–water partition coefficient (Wildman–Crippen LogP) is 2.54. The molecule has 112 valence electrons. The summed E-state index contributed by atoms with van der Waals surface area (Å²) < 4.78 is 25.5. The molecule has 1 N–H and O–H groups in total. The maximum Gasteiger partial charge on any atom is 0.408 e.